The quantitative estimate of drug-likeness (QED) is 0.822. The number of hydrogen-bond donors (Lipinski definition) is 2. The van der Waals surface area contributed by atoms with Crippen LogP contribution in [0.3, 0.4) is 0 Å². The number of primary amides is 1. The minimum Gasteiger partial charge on any atom is -0.369 e. The number of hydrogen-bond acceptors (Lipinski definition) is 4. The fraction of sp³-hybridized carbons (Fsp3) is 0.389. The molecule has 0 spiro atoms. The first-order valence-corrected chi connectivity index (χ1v) is 8.49. The van der Waals surface area contributed by atoms with E-state index in [1.54, 1.807) is 16.9 Å². The first kappa shape index (κ1) is 17.2. The van der Waals surface area contributed by atoms with E-state index in [0.29, 0.717) is 44.8 Å². The number of nitrogens with one attached hydrogen (secondary N) is 1. The molecule has 0 bridgehead atoms. The van der Waals surface area contributed by atoms with Gasteiger partial charge in [0, 0.05) is 12.0 Å². The second-order valence-electron chi connectivity index (χ2n) is 6.36. The molecule has 0 radical (unpaired) electrons. The molecule has 7 nitrogen and oxygen atoms in total. The van der Waals surface area contributed by atoms with Gasteiger partial charge in [0.05, 0.1) is 19.3 Å². The SMILES string of the molecule is NC(=O)C1CCN(CC(=O)Nc2ccnn2Cc2ccccc2)CC1. The van der Waals surface area contributed by atoms with Gasteiger partial charge < -0.3 is 11.1 Å². The topological polar surface area (TPSA) is 93.2 Å². The standard InChI is InChI=1S/C18H23N5O2/c19-18(25)15-7-10-22(11-8-15)13-17(24)21-16-6-9-20-23(16)12-14-4-2-1-3-5-14/h1-6,9,15H,7-8,10-13H2,(H2,19,25)(H,21,24). The fourth-order valence-electron chi connectivity index (χ4n) is 3.08. The van der Waals surface area contributed by atoms with Crippen LogP contribution < -0.4 is 11.1 Å². The van der Waals surface area contributed by atoms with Crippen LogP contribution in [0.2, 0.25) is 0 Å². The molecule has 0 atom stereocenters. The van der Waals surface area contributed by atoms with Crippen molar-refractivity contribution in [2.45, 2.75) is 19.4 Å². The molecule has 0 saturated carbocycles. The Morgan fingerprint density at radius 3 is 2.56 bits per heavy atom. The van der Waals surface area contributed by atoms with Crippen LogP contribution in [-0.2, 0) is 16.1 Å². The lowest BCUT2D eigenvalue weighted by atomic mass is 9.96. The number of nitrogens with zero attached hydrogens (tertiary/aromatic N) is 3. The van der Waals surface area contributed by atoms with Gasteiger partial charge in [-0.25, -0.2) is 4.68 Å². The van der Waals surface area contributed by atoms with Crippen molar-refractivity contribution in [1.29, 1.82) is 0 Å². The Labute approximate surface area is 146 Å². The van der Waals surface area contributed by atoms with Crippen LogP contribution in [0.4, 0.5) is 5.82 Å². The van der Waals surface area contributed by atoms with Crippen LogP contribution in [0.15, 0.2) is 42.6 Å². The first-order chi connectivity index (χ1) is 12.1. The van der Waals surface area contributed by atoms with Crippen molar-refractivity contribution in [3.63, 3.8) is 0 Å². The van der Waals surface area contributed by atoms with Gasteiger partial charge in [0.25, 0.3) is 0 Å². The average molecular weight is 341 g/mol. The van der Waals surface area contributed by atoms with E-state index >= 15 is 0 Å². The molecule has 1 aliphatic heterocycles. The Kier molecular flexibility index (Phi) is 5.45. The van der Waals surface area contributed by atoms with Crippen molar-refractivity contribution in [3.8, 4) is 0 Å². The zero-order chi connectivity index (χ0) is 17.6. The Balaban J connectivity index is 1.52. The number of piperidine rings is 1. The average Bonchev–Trinajstić information content (AvgIpc) is 3.03. The lowest BCUT2D eigenvalue weighted by Gasteiger charge is -2.29. The summed E-state index contributed by atoms with van der Waals surface area (Å²) < 4.78 is 1.77. The zero-order valence-electron chi connectivity index (χ0n) is 14.1. The molecule has 0 aliphatic carbocycles. The van der Waals surface area contributed by atoms with E-state index in [0.717, 1.165) is 5.56 Å². The Bertz CT molecular complexity index is 720. The van der Waals surface area contributed by atoms with Gasteiger partial charge >= 0.3 is 0 Å². The number of amides is 2. The van der Waals surface area contributed by atoms with Crippen molar-refractivity contribution in [2.75, 3.05) is 25.0 Å². The van der Waals surface area contributed by atoms with Crippen LogP contribution in [0.1, 0.15) is 18.4 Å². The second kappa shape index (κ2) is 7.94. The maximum absolute atomic E-state index is 12.3. The smallest absolute Gasteiger partial charge is 0.239 e. The number of benzene rings is 1. The number of likely N-dealkylation sites (tertiary alicyclic amines) is 1. The van der Waals surface area contributed by atoms with Gasteiger partial charge in [-0.2, -0.15) is 5.10 Å². The second-order valence-corrected chi connectivity index (χ2v) is 6.36. The molecule has 132 valence electrons. The summed E-state index contributed by atoms with van der Waals surface area (Å²) in [5.74, 6) is 0.300. The highest BCUT2D eigenvalue weighted by Gasteiger charge is 2.24. The lowest BCUT2D eigenvalue weighted by Crippen LogP contribution is -2.42. The highest BCUT2D eigenvalue weighted by Crippen LogP contribution is 2.16. The Morgan fingerprint density at radius 1 is 1.16 bits per heavy atom. The number of anilines is 1. The van der Waals surface area contributed by atoms with E-state index in [1.807, 2.05) is 35.2 Å². The fourth-order valence-corrected chi connectivity index (χ4v) is 3.08. The largest absolute Gasteiger partial charge is 0.369 e. The molecule has 1 aromatic heterocycles. The van der Waals surface area contributed by atoms with E-state index in [-0.39, 0.29) is 17.7 Å². The molecule has 3 N–H and O–H groups in total. The minimum absolute atomic E-state index is 0.0633. The van der Waals surface area contributed by atoms with Gasteiger partial charge in [-0.1, -0.05) is 30.3 Å². The third-order valence-corrected chi connectivity index (χ3v) is 4.52. The number of rotatable bonds is 6. The van der Waals surface area contributed by atoms with Crippen LogP contribution >= 0.6 is 0 Å². The molecule has 0 unspecified atom stereocenters. The molecule has 1 aliphatic rings. The summed E-state index contributed by atoms with van der Waals surface area (Å²) in [5, 5.41) is 7.20. The van der Waals surface area contributed by atoms with Crippen LogP contribution in [0, 0.1) is 5.92 Å². The van der Waals surface area contributed by atoms with Crippen molar-refractivity contribution >= 4 is 17.6 Å². The highest BCUT2D eigenvalue weighted by atomic mass is 16.2. The van der Waals surface area contributed by atoms with E-state index in [1.165, 1.54) is 0 Å². The predicted molar refractivity (Wildman–Crippen MR) is 94.8 cm³/mol. The molecule has 3 rings (SSSR count). The molecule has 1 saturated heterocycles. The van der Waals surface area contributed by atoms with Crippen molar-refractivity contribution in [1.82, 2.24) is 14.7 Å². The lowest BCUT2D eigenvalue weighted by molar-refractivity contribution is -0.123. The van der Waals surface area contributed by atoms with Crippen molar-refractivity contribution in [2.24, 2.45) is 11.7 Å². The van der Waals surface area contributed by atoms with Gasteiger partial charge in [-0.05, 0) is 31.5 Å². The zero-order valence-corrected chi connectivity index (χ0v) is 14.1. The maximum atomic E-state index is 12.3. The van der Waals surface area contributed by atoms with Gasteiger partial charge in [-0.3, -0.25) is 14.5 Å². The normalized spacial score (nSPS) is 15.8. The predicted octanol–water partition coefficient (Wildman–Crippen LogP) is 1.07. The molecule has 1 aromatic carbocycles. The highest BCUT2D eigenvalue weighted by molar-refractivity contribution is 5.91. The molecular weight excluding hydrogens is 318 g/mol. The first-order valence-electron chi connectivity index (χ1n) is 8.49. The third-order valence-electron chi connectivity index (χ3n) is 4.52. The molecule has 1 fully saturated rings. The van der Waals surface area contributed by atoms with Gasteiger partial charge in [0.2, 0.25) is 11.8 Å². The van der Waals surface area contributed by atoms with Crippen LogP contribution in [0.5, 0.6) is 0 Å². The molecule has 25 heavy (non-hydrogen) atoms. The van der Waals surface area contributed by atoms with Gasteiger partial charge in [-0.15, -0.1) is 0 Å². The number of aromatic nitrogens is 2. The van der Waals surface area contributed by atoms with E-state index in [4.69, 9.17) is 5.73 Å². The molecule has 2 heterocycles. The van der Waals surface area contributed by atoms with Crippen molar-refractivity contribution in [3.05, 3.63) is 48.2 Å². The Morgan fingerprint density at radius 2 is 1.88 bits per heavy atom. The maximum Gasteiger partial charge on any atom is 0.239 e. The van der Waals surface area contributed by atoms with Crippen LogP contribution in [0.25, 0.3) is 0 Å². The summed E-state index contributed by atoms with van der Waals surface area (Å²) in [6.07, 6.45) is 3.11. The van der Waals surface area contributed by atoms with Crippen LogP contribution in [-0.4, -0.2) is 46.1 Å². The molecule has 2 aromatic rings. The number of nitrogens with two attached hydrogens (primary N) is 1. The van der Waals surface area contributed by atoms with Gasteiger partial charge in [0.1, 0.15) is 5.82 Å². The summed E-state index contributed by atoms with van der Waals surface area (Å²) in [6, 6.07) is 11.8. The summed E-state index contributed by atoms with van der Waals surface area (Å²) >= 11 is 0. The molecule has 7 heteroatoms. The summed E-state index contributed by atoms with van der Waals surface area (Å²) in [4.78, 5) is 25.6. The number of carbonyl (C=O) groups is 2. The molecule has 2 amide bonds. The summed E-state index contributed by atoms with van der Waals surface area (Å²) in [6.45, 7) is 2.34. The summed E-state index contributed by atoms with van der Waals surface area (Å²) in [5.41, 5.74) is 6.46. The van der Waals surface area contributed by atoms with E-state index in [2.05, 4.69) is 10.4 Å². The monoisotopic (exact) mass is 341 g/mol. The van der Waals surface area contributed by atoms with Gasteiger partial charge in [0.15, 0.2) is 0 Å². The van der Waals surface area contributed by atoms with Crippen molar-refractivity contribution < 1.29 is 9.59 Å². The third kappa shape index (κ3) is 4.67. The molecular formula is C18H23N5O2. The van der Waals surface area contributed by atoms with E-state index in [9.17, 15) is 9.59 Å². The minimum atomic E-state index is -0.242. The van der Waals surface area contributed by atoms with E-state index < -0.39 is 0 Å². The Hall–Kier alpha value is -2.67. The summed E-state index contributed by atoms with van der Waals surface area (Å²) in [7, 11) is 0. The number of carbonyl (C=O) groups excluding carboxylic acids is 2.